The second-order valence-electron chi connectivity index (χ2n) is 3.83. The van der Waals surface area contributed by atoms with Gasteiger partial charge in [-0.05, 0) is 31.0 Å². The van der Waals surface area contributed by atoms with Crippen LogP contribution in [0.5, 0.6) is 0 Å². The van der Waals surface area contributed by atoms with Crippen molar-refractivity contribution in [3.63, 3.8) is 0 Å². The number of carbonyl (C=O) groups is 1. The number of Topliss-reactive ketones (excluding diaryl/α,β-unsaturated/α-hetero) is 1. The number of hydrogen-bond donors (Lipinski definition) is 1. The standard InChI is InChI=1S/C12H10ClN3O/c13-9-2-1-3-10(6-9)15-16-11(7-14)12(17)8-4-5-8/h1-3,6,8,15H,4-5H2. The number of ketones is 1. The number of benzene rings is 1. The van der Waals surface area contributed by atoms with Crippen LogP contribution in [0.4, 0.5) is 5.69 Å². The summed E-state index contributed by atoms with van der Waals surface area (Å²) in [5.74, 6) is -0.184. The number of rotatable bonds is 4. The van der Waals surface area contributed by atoms with Gasteiger partial charge in [0.2, 0.25) is 5.71 Å². The van der Waals surface area contributed by atoms with E-state index in [-0.39, 0.29) is 17.4 Å². The maximum Gasteiger partial charge on any atom is 0.203 e. The fourth-order valence-electron chi connectivity index (χ4n) is 1.35. The van der Waals surface area contributed by atoms with Crippen LogP contribution in [0.1, 0.15) is 12.8 Å². The minimum Gasteiger partial charge on any atom is -0.291 e. The predicted molar refractivity (Wildman–Crippen MR) is 65.9 cm³/mol. The van der Waals surface area contributed by atoms with Crippen LogP contribution < -0.4 is 5.43 Å². The molecule has 2 rings (SSSR count). The Bertz CT molecular complexity index is 515. The summed E-state index contributed by atoms with van der Waals surface area (Å²) < 4.78 is 0. The first-order valence-corrected chi connectivity index (χ1v) is 5.62. The van der Waals surface area contributed by atoms with E-state index in [1.165, 1.54) is 0 Å². The molecule has 1 saturated carbocycles. The van der Waals surface area contributed by atoms with Gasteiger partial charge < -0.3 is 0 Å². The fourth-order valence-corrected chi connectivity index (χ4v) is 1.54. The topological polar surface area (TPSA) is 65.2 Å². The van der Waals surface area contributed by atoms with E-state index in [1.54, 1.807) is 24.3 Å². The highest BCUT2D eigenvalue weighted by molar-refractivity contribution is 6.47. The minimum atomic E-state index is -0.179. The Balaban J connectivity index is 2.08. The zero-order valence-corrected chi connectivity index (χ0v) is 9.74. The molecule has 0 heterocycles. The zero-order chi connectivity index (χ0) is 12.3. The number of nitrogens with one attached hydrogen (secondary N) is 1. The summed E-state index contributed by atoms with van der Waals surface area (Å²) in [6, 6.07) is 8.73. The lowest BCUT2D eigenvalue weighted by atomic mass is 10.2. The number of nitriles is 1. The third-order valence-electron chi connectivity index (χ3n) is 2.41. The van der Waals surface area contributed by atoms with E-state index in [4.69, 9.17) is 16.9 Å². The zero-order valence-electron chi connectivity index (χ0n) is 8.98. The Kier molecular flexibility index (Phi) is 3.40. The normalized spacial score (nSPS) is 15.2. The SMILES string of the molecule is N#CC(=NNc1cccc(Cl)c1)C(=O)C1CC1. The van der Waals surface area contributed by atoms with Crippen molar-refractivity contribution in [2.45, 2.75) is 12.8 Å². The molecule has 1 aromatic rings. The monoisotopic (exact) mass is 247 g/mol. The lowest BCUT2D eigenvalue weighted by molar-refractivity contribution is -0.113. The lowest BCUT2D eigenvalue weighted by Gasteiger charge is -2.01. The third-order valence-corrected chi connectivity index (χ3v) is 2.64. The summed E-state index contributed by atoms with van der Waals surface area (Å²) in [5, 5.41) is 13.2. The molecule has 0 radical (unpaired) electrons. The van der Waals surface area contributed by atoms with E-state index in [9.17, 15) is 4.79 Å². The van der Waals surface area contributed by atoms with Gasteiger partial charge in [0.05, 0.1) is 5.69 Å². The van der Waals surface area contributed by atoms with Gasteiger partial charge in [0.25, 0.3) is 0 Å². The summed E-state index contributed by atoms with van der Waals surface area (Å²) in [4.78, 5) is 11.6. The highest BCUT2D eigenvalue weighted by Gasteiger charge is 2.32. The molecule has 0 spiro atoms. The largest absolute Gasteiger partial charge is 0.291 e. The summed E-state index contributed by atoms with van der Waals surface area (Å²) in [5.41, 5.74) is 3.23. The molecule has 17 heavy (non-hydrogen) atoms. The first-order valence-electron chi connectivity index (χ1n) is 5.24. The van der Waals surface area contributed by atoms with Crippen molar-refractivity contribution in [3.8, 4) is 6.07 Å². The molecule has 0 aliphatic heterocycles. The van der Waals surface area contributed by atoms with Gasteiger partial charge in [-0.15, -0.1) is 0 Å². The number of nitrogens with zero attached hydrogens (tertiary/aromatic N) is 2. The van der Waals surface area contributed by atoms with Crippen LogP contribution in [-0.2, 0) is 4.79 Å². The molecular weight excluding hydrogens is 238 g/mol. The average molecular weight is 248 g/mol. The molecule has 86 valence electrons. The van der Waals surface area contributed by atoms with Crippen LogP contribution in [-0.4, -0.2) is 11.5 Å². The maximum atomic E-state index is 11.6. The molecule has 1 aliphatic carbocycles. The van der Waals surface area contributed by atoms with Gasteiger partial charge in [0.15, 0.2) is 5.78 Å². The van der Waals surface area contributed by atoms with Crippen LogP contribution in [0.15, 0.2) is 29.4 Å². The van der Waals surface area contributed by atoms with Crippen LogP contribution in [0.25, 0.3) is 0 Å². The number of halogens is 1. The average Bonchev–Trinajstić information content (AvgIpc) is 3.13. The van der Waals surface area contributed by atoms with Crippen molar-refractivity contribution in [2.75, 3.05) is 5.43 Å². The first-order chi connectivity index (χ1) is 8.20. The first kappa shape index (κ1) is 11.6. The molecule has 0 bridgehead atoms. The van der Waals surface area contributed by atoms with E-state index in [0.29, 0.717) is 10.7 Å². The molecule has 0 saturated heterocycles. The van der Waals surface area contributed by atoms with Crippen molar-refractivity contribution in [2.24, 2.45) is 11.0 Å². The molecule has 1 aliphatic rings. The van der Waals surface area contributed by atoms with E-state index >= 15 is 0 Å². The van der Waals surface area contributed by atoms with Gasteiger partial charge in [-0.2, -0.15) is 10.4 Å². The molecule has 1 aromatic carbocycles. The highest BCUT2D eigenvalue weighted by atomic mass is 35.5. The Morgan fingerprint density at radius 1 is 1.53 bits per heavy atom. The predicted octanol–water partition coefficient (Wildman–Crippen LogP) is 2.61. The number of carbonyl (C=O) groups excluding carboxylic acids is 1. The molecule has 0 unspecified atom stereocenters. The van der Waals surface area contributed by atoms with E-state index in [0.717, 1.165) is 12.8 Å². The van der Waals surface area contributed by atoms with Crippen molar-refractivity contribution in [1.82, 2.24) is 0 Å². The number of hydrazone groups is 1. The maximum absolute atomic E-state index is 11.6. The van der Waals surface area contributed by atoms with E-state index < -0.39 is 0 Å². The molecule has 4 nitrogen and oxygen atoms in total. The van der Waals surface area contributed by atoms with E-state index in [1.807, 2.05) is 6.07 Å². The van der Waals surface area contributed by atoms with Crippen LogP contribution in [0.3, 0.4) is 0 Å². The van der Waals surface area contributed by atoms with Crippen LogP contribution >= 0.6 is 11.6 Å². The lowest BCUT2D eigenvalue weighted by Crippen LogP contribution is -2.15. The van der Waals surface area contributed by atoms with Crippen molar-refractivity contribution >= 4 is 28.8 Å². The molecule has 0 aromatic heterocycles. The Labute approximate surface area is 104 Å². The minimum absolute atomic E-state index is 0.00504. The third kappa shape index (κ3) is 3.05. The molecule has 5 heteroatoms. The Morgan fingerprint density at radius 2 is 2.29 bits per heavy atom. The Morgan fingerprint density at radius 3 is 2.88 bits per heavy atom. The summed E-state index contributed by atoms with van der Waals surface area (Å²) in [7, 11) is 0. The van der Waals surface area contributed by atoms with Gasteiger partial charge in [-0.25, -0.2) is 0 Å². The highest BCUT2D eigenvalue weighted by Crippen LogP contribution is 2.30. The molecule has 0 atom stereocenters. The second-order valence-corrected chi connectivity index (χ2v) is 4.27. The molecule has 1 fully saturated rings. The van der Waals surface area contributed by atoms with Crippen molar-refractivity contribution in [1.29, 1.82) is 5.26 Å². The fraction of sp³-hybridized carbons (Fsp3) is 0.250. The van der Waals surface area contributed by atoms with Gasteiger partial charge in [-0.3, -0.25) is 10.2 Å². The summed E-state index contributed by atoms with van der Waals surface area (Å²) in [6.07, 6.45) is 1.72. The smallest absolute Gasteiger partial charge is 0.203 e. The van der Waals surface area contributed by atoms with Gasteiger partial charge >= 0.3 is 0 Å². The summed E-state index contributed by atoms with van der Waals surface area (Å²) in [6.45, 7) is 0. The quantitative estimate of drug-likeness (QED) is 0.657. The van der Waals surface area contributed by atoms with Crippen molar-refractivity contribution < 1.29 is 4.79 Å². The number of anilines is 1. The molecule has 0 amide bonds. The Hall–Kier alpha value is -1.86. The second kappa shape index (κ2) is 4.98. The van der Waals surface area contributed by atoms with Crippen LogP contribution in [0, 0.1) is 17.2 Å². The number of hydrogen-bond acceptors (Lipinski definition) is 4. The van der Waals surface area contributed by atoms with Crippen LogP contribution in [0.2, 0.25) is 5.02 Å². The molecular formula is C12H10ClN3O. The van der Waals surface area contributed by atoms with Gasteiger partial charge in [0.1, 0.15) is 6.07 Å². The summed E-state index contributed by atoms with van der Waals surface area (Å²) >= 11 is 5.80. The van der Waals surface area contributed by atoms with Crippen molar-refractivity contribution in [3.05, 3.63) is 29.3 Å². The van der Waals surface area contributed by atoms with E-state index in [2.05, 4.69) is 10.5 Å². The van der Waals surface area contributed by atoms with Gasteiger partial charge in [0, 0.05) is 10.9 Å². The van der Waals surface area contributed by atoms with Gasteiger partial charge in [-0.1, -0.05) is 17.7 Å². The molecule has 1 N–H and O–H groups in total.